The van der Waals surface area contributed by atoms with Gasteiger partial charge in [0.2, 0.25) is 10.0 Å². The lowest BCUT2D eigenvalue weighted by molar-refractivity contribution is 0.438. The van der Waals surface area contributed by atoms with Crippen molar-refractivity contribution in [2.75, 3.05) is 38.2 Å². The van der Waals surface area contributed by atoms with Gasteiger partial charge in [-0.2, -0.15) is 9.40 Å². The second kappa shape index (κ2) is 6.12. The van der Waals surface area contributed by atoms with Gasteiger partial charge in [-0.1, -0.05) is 0 Å². The number of hydrogen-bond acceptors (Lipinski definition) is 5. The molecule has 2 rings (SSSR count). The molecule has 1 N–H and O–H groups in total. The van der Waals surface area contributed by atoms with Crippen molar-refractivity contribution < 1.29 is 12.6 Å². The molecule has 0 spiro atoms. The second-order valence-electron chi connectivity index (χ2n) is 4.29. The van der Waals surface area contributed by atoms with Crippen molar-refractivity contribution in [2.45, 2.75) is 11.4 Å². The molecule has 1 aromatic rings. The third kappa shape index (κ3) is 3.41. The molecule has 1 aromatic heterocycles. The third-order valence-electron chi connectivity index (χ3n) is 2.97. The van der Waals surface area contributed by atoms with E-state index in [-0.39, 0.29) is 4.90 Å². The zero-order valence-electron chi connectivity index (χ0n) is 10.8. The fourth-order valence-electron chi connectivity index (χ4n) is 1.84. The lowest BCUT2D eigenvalue weighted by atomic mass is 10.6. The standard InChI is InChI=1S/C10H18N4O3S2/c1-11-2-3-13-9-10(8-12-13)19(16,17)14-4-6-18(15)7-5-14/h8-9,11H,2-7H2,1H3. The van der Waals surface area contributed by atoms with Crippen molar-refractivity contribution in [1.29, 1.82) is 0 Å². The van der Waals surface area contributed by atoms with Crippen LogP contribution in [0.3, 0.4) is 0 Å². The minimum absolute atomic E-state index is 0.205. The first-order valence-electron chi connectivity index (χ1n) is 6.06. The van der Waals surface area contributed by atoms with Crippen molar-refractivity contribution in [1.82, 2.24) is 19.4 Å². The summed E-state index contributed by atoms with van der Waals surface area (Å²) in [6, 6.07) is 0. The highest BCUT2D eigenvalue weighted by Crippen LogP contribution is 2.16. The summed E-state index contributed by atoms with van der Waals surface area (Å²) in [4.78, 5) is 0.205. The van der Waals surface area contributed by atoms with E-state index in [4.69, 9.17) is 0 Å². The van der Waals surface area contributed by atoms with Gasteiger partial charge in [-0.3, -0.25) is 8.89 Å². The summed E-state index contributed by atoms with van der Waals surface area (Å²) in [7, 11) is -2.55. The minimum atomic E-state index is -3.49. The summed E-state index contributed by atoms with van der Waals surface area (Å²) >= 11 is 0. The number of nitrogens with one attached hydrogen (secondary N) is 1. The van der Waals surface area contributed by atoms with Crippen LogP contribution in [0.5, 0.6) is 0 Å². The Hall–Kier alpha value is -0.770. The molecule has 1 saturated heterocycles. The van der Waals surface area contributed by atoms with E-state index in [1.165, 1.54) is 16.7 Å². The van der Waals surface area contributed by atoms with E-state index in [1.807, 2.05) is 7.05 Å². The SMILES string of the molecule is CNCCn1cc(S(=O)(=O)N2CCS(=O)CC2)cn1. The van der Waals surface area contributed by atoms with Crippen molar-refractivity contribution >= 4 is 20.8 Å². The van der Waals surface area contributed by atoms with Gasteiger partial charge >= 0.3 is 0 Å². The number of hydrogen-bond donors (Lipinski definition) is 1. The third-order valence-corrected chi connectivity index (χ3v) is 6.10. The largest absolute Gasteiger partial charge is 0.318 e. The average molecular weight is 306 g/mol. The van der Waals surface area contributed by atoms with Crippen LogP contribution >= 0.6 is 0 Å². The van der Waals surface area contributed by atoms with Gasteiger partial charge in [0, 0.05) is 48.1 Å². The number of sulfonamides is 1. The zero-order valence-corrected chi connectivity index (χ0v) is 12.4. The molecule has 108 valence electrons. The maximum Gasteiger partial charge on any atom is 0.246 e. The molecule has 0 saturated carbocycles. The quantitative estimate of drug-likeness (QED) is 0.743. The van der Waals surface area contributed by atoms with Crippen LogP contribution in [0, 0.1) is 0 Å². The molecule has 2 heterocycles. The van der Waals surface area contributed by atoms with Crippen LogP contribution in [0.25, 0.3) is 0 Å². The van der Waals surface area contributed by atoms with Crippen LogP contribution in [0.1, 0.15) is 0 Å². The first-order valence-corrected chi connectivity index (χ1v) is 8.99. The van der Waals surface area contributed by atoms with Gasteiger partial charge in [0.15, 0.2) is 0 Å². The first-order chi connectivity index (χ1) is 9.04. The predicted octanol–water partition coefficient (Wildman–Crippen LogP) is -1.14. The van der Waals surface area contributed by atoms with E-state index in [0.717, 1.165) is 6.54 Å². The number of likely N-dealkylation sites (N-methyl/N-ethyl adjacent to an activating group) is 1. The Morgan fingerprint density at radius 2 is 2.11 bits per heavy atom. The summed E-state index contributed by atoms with van der Waals surface area (Å²) < 4.78 is 38.9. The fraction of sp³-hybridized carbons (Fsp3) is 0.700. The molecule has 1 aliphatic rings. The van der Waals surface area contributed by atoms with Gasteiger partial charge in [-0.15, -0.1) is 0 Å². The van der Waals surface area contributed by atoms with Crippen LogP contribution in [0.2, 0.25) is 0 Å². The molecule has 19 heavy (non-hydrogen) atoms. The van der Waals surface area contributed by atoms with E-state index in [9.17, 15) is 12.6 Å². The lowest BCUT2D eigenvalue weighted by Crippen LogP contribution is -2.41. The van der Waals surface area contributed by atoms with E-state index in [1.54, 1.807) is 4.68 Å². The van der Waals surface area contributed by atoms with Crippen molar-refractivity contribution in [3.63, 3.8) is 0 Å². The van der Waals surface area contributed by atoms with E-state index in [0.29, 0.717) is 31.1 Å². The molecule has 0 unspecified atom stereocenters. The Morgan fingerprint density at radius 1 is 1.42 bits per heavy atom. The molecule has 0 aliphatic carbocycles. The number of nitrogens with zero attached hydrogens (tertiary/aromatic N) is 3. The van der Waals surface area contributed by atoms with Crippen molar-refractivity contribution in [3.05, 3.63) is 12.4 Å². The Balaban J connectivity index is 2.10. The Bertz CT molecular complexity index is 545. The maximum absolute atomic E-state index is 12.3. The summed E-state index contributed by atoms with van der Waals surface area (Å²) in [5.74, 6) is 0.820. The summed E-state index contributed by atoms with van der Waals surface area (Å²) in [6.45, 7) is 1.98. The van der Waals surface area contributed by atoms with Gasteiger partial charge in [0.05, 0.1) is 12.7 Å². The van der Waals surface area contributed by atoms with Crippen LogP contribution in [0.15, 0.2) is 17.3 Å². The molecule has 1 aliphatic heterocycles. The molecule has 7 nitrogen and oxygen atoms in total. The molecule has 0 atom stereocenters. The zero-order chi connectivity index (χ0) is 13.9. The second-order valence-corrected chi connectivity index (χ2v) is 7.93. The summed E-state index contributed by atoms with van der Waals surface area (Å²) in [5, 5.41) is 7.02. The summed E-state index contributed by atoms with van der Waals surface area (Å²) in [5.41, 5.74) is 0. The number of aromatic nitrogens is 2. The molecule has 0 radical (unpaired) electrons. The fourth-order valence-corrected chi connectivity index (χ4v) is 4.52. The average Bonchev–Trinajstić information content (AvgIpc) is 2.86. The molecule has 0 aromatic carbocycles. The summed E-state index contributed by atoms with van der Waals surface area (Å²) in [6.07, 6.45) is 2.91. The van der Waals surface area contributed by atoms with Gasteiger partial charge < -0.3 is 5.32 Å². The molecule has 0 amide bonds. The molecular weight excluding hydrogens is 288 g/mol. The van der Waals surface area contributed by atoms with E-state index >= 15 is 0 Å². The highest BCUT2D eigenvalue weighted by molar-refractivity contribution is 7.89. The highest BCUT2D eigenvalue weighted by atomic mass is 32.2. The molecule has 9 heteroatoms. The Labute approximate surface area is 115 Å². The van der Waals surface area contributed by atoms with E-state index in [2.05, 4.69) is 10.4 Å². The van der Waals surface area contributed by atoms with E-state index < -0.39 is 20.8 Å². The molecular formula is C10H18N4O3S2. The lowest BCUT2D eigenvalue weighted by Gasteiger charge is -2.24. The molecule has 0 bridgehead atoms. The monoisotopic (exact) mass is 306 g/mol. The normalized spacial score (nSPS) is 18.8. The first kappa shape index (κ1) is 14.6. The van der Waals surface area contributed by atoms with Crippen molar-refractivity contribution in [2.24, 2.45) is 0 Å². The smallest absolute Gasteiger partial charge is 0.246 e. The van der Waals surface area contributed by atoms with Crippen LogP contribution in [-0.4, -0.2) is 64.9 Å². The Morgan fingerprint density at radius 3 is 2.74 bits per heavy atom. The van der Waals surface area contributed by atoms with Gasteiger partial charge in [-0.05, 0) is 7.05 Å². The topological polar surface area (TPSA) is 84.3 Å². The van der Waals surface area contributed by atoms with Gasteiger partial charge in [0.25, 0.3) is 0 Å². The van der Waals surface area contributed by atoms with Crippen molar-refractivity contribution in [3.8, 4) is 0 Å². The maximum atomic E-state index is 12.3. The van der Waals surface area contributed by atoms with Crippen LogP contribution < -0.4 is 5.32 Å². The predicted molar refractivity (Wildman–Crippen MR) is 72.8 cm³/mol. The van der Waals surface area contributed by atoms with Crippen LogP contribution in [0.4, 0.5) is 0 Å². The molecule has 1 fully saturated rings. The number of rotatable bonds is 5. The van der Waals surface area contributed by atoms with Gasteiger partial charge in [0.1, 0.15) is 4.90 Å². The van der Waals surface area contributed by atoms with Gasteiger partial charge in [-0.25, -0.2) is 8.42 Å². The van der Waals surface area contributed by atoms with Crippen LogP contribution in [-0.2, 0) is 27.4 Å². The minimum Gasteiger partial charge on any atom is -0.318 e. The highest BCUT2D eigenvalue weighted by Gasteiger charge is 2.29. The Kier molecular flexibility index (Phi) is 4.71.